The first kappa shape index (κ1) is 10.7. The first-order chi connectivity index (χ1) is 6.76. The Morgan fingerprint density at radius 1 is 1.43 bits per heavy atom. The number of thiocarbonyl (C=S) groups is 1. The minimum absolute atomic E-state index is 0.515. The molecule has 0 bridgehead atoms. The average molecular weight is 211 g/mol. The van der Waals surface area contributed by atoms with E-state index < -0.39 is 0 Å². The lowest BCUT2D eigenvalue weighted by molar-refractivity contribution is 0.415. The summed E-state index contributed by atoms with van der Waals surface area (Å²) in [5.41, 5.74) is 6.38. The Kier molecular flexibility index (Phi) is 4.15. The first-order valence-corrected chi connectivity index (χ1v) is 4.55. The standard InChI is InChI=1S/C9H13N3OS/c1-10-12-9(14)11-7-4-3-5-8(6-7)13-2/h3-6,10H,1-2H3,(H2,11,12,14). The number of hydrogen-bond donors (Lipinski definition) is 3. The van der Waals surface area contributed by atoms with Crippen LogP contribution in [-0.4, -0.2) is 19.3 Å². The van der Waals surface area contributed by atoms with Crippen LogP contribution in [0.2, 0.25) is 0 Å². The Balaban J connectivity index is 2.62. The van der Waals surface area contributed by atoms with Crippen LogP contribution >= 0.6 is 12.2 Å². The summed E-state index contributed by atoms with van der Waals surface area (Å²) in [7, 11) is 3.38. The second kappa shape index (κ2) is 5.41. The van der Waals surface area contributed by atoms with Gasteiger partial charge in [-0.3, -0.25) is 5.43 Å². The molecule has 0 saturated heterocycles. The van der Waals surface area contributed by atoms with E-state index in [1.54, 1.807) is 14.2 Å². The van der Waals surface area contributed by atoms with E-state index in [0.29, 0.717) is 5.11 Å². The van der Waals surface area contributed by atoms with Crippen molar-refractivity contribution in [1.82, 2.24) is 10.9 Å². The second-order valence-electron chi connectivity index (χ2n) is 2.56. The van der Waals surface area contributed by atoms with Crippen LogP contribution in [0.3, 0.4) is 0 Å². The molecule has 14 heavy (non-hydrogen) atoms. The van der Waals surface area contributed by atoms with Crippen LogP contribution in [0.4, 0.5) is 5.69 Å². The molecule has 0 heterocycles. The van der Waals surface area contributed by atoms with Gasteiger partial charge in [-0.2, -0.15) is 0 Å². The van der Waals surface area contributed by atoms with E-state index in [9.17, 15) is 0 Å². The first-order valence-electron chi connectivity index (χ1n) is 4.14. The number of hydrogen-bond acceptors (Lipinski definition) is 3. The zero-order valence-electron chi connectivity index (χ0n) is 8.13. The molecule has 1 rings (SSSR count). The van der Waals surface area contributed by atoms with Crippen molar-refractivity contribution in [3.63, 3.8) is 0 Å². The summed E-state index contributed by atoms with van der Waals surface area (Å²) in [5.74, 6) is 0.794. The monoisotopic (exact) mass is 211 g/mol. The van der Waals surface area contributed by atoms with Crippen LogP contribution in [0.5, 0.6) is 5.75 Å². The molecular formula is C9H13N3OS. The number of ether oxygens (including phenoxy) is 1. The van der Waals surface area contributed by atoms with Crippen molar-refractivity contribution in [3.05, 3.63) is 24.3 Å². The lowest BCUT2D eigenvalue weighted by Crippen LogP contribution is -2.37. The highest BCUT2D eigenvalue weighted by Gasteiger charge is 1.97. The highest BCUT2D eigenvalue weighted by Crippen LogP contribution is 2.16. The summed E-state index contributed by atoms with van der Waals surface area (Å²) in [6.45, 7) is 0. The summed E-state index contributed by atoms with van der Waals surface area (Å²) in [6, 6.07) is 7.54. The van der Waals surface area contributed by atoms with Gasteiger partial charge in [0.1, 0.15) is 5.75 Å². The number of benzene rings is 1. The summed E-state index contributed by atoms with van der Waals surface area (Å²) < 4.78 is 5.08. The van der Waals surface area contributed by atoms with Gasteiger partial charge in [0.25, 0.3) is 0 Å². The Labute approximate surface area is 88.6 Å². The molecular weight excluding hydrogens is 198 g/mol. The summed E-state index contributed by atoms with van der Waals surface area (Å²) in [5, 5.41) is 3.51. The van der Waals surface area contributed by atoms with Gasteiger partial charge in [0.2, 0.25) is 0 Å². The largest absolute Gasteiger partial charge is 0.497 e. The fraction of sp³-hybridized carbons (Fsp3) is 0.222. The maximum atomic E-state index is 5.08. The SMILES string of the molecule is CNNC(=S)Nc1cccc(OC)c1. The molecule has 1 aromatic carbocycles. The molecule has 0 fully saturated rings. The van der Waals surface area contributed by atoms with Crippen LogP contribution in [0.1, 0.15) is 0 Å². The van der Waals surface area contributed by atoms with Crippen molar-refractivity contribution < 1.29 is 4.74 Å². The van der Waals surface area contributed by atoms with Crippen LogP contribution in [0.25, 0.3) is 0 Å². The third-order valence-corrected chi connectivity index (χ3v) is 1.77. The fourth-order valence-electron chi connectivity index (χ4n) is 0.977. The molecule has 0 aliphatic carbocycles. The van der Waals surface area contributed by atoms with E-state index in [4.69, 9.17) is 17.0 Å². The van der Waals surface area contributed by atoms with Gasteiger partial charge < -0.3 is 10.1 Å². The Hall–Kier alpha value is -1.33. The van der Waals surface area contributed by atoms with Crippen LogP contribution in [0, 0.1) is 0 Å². The molecule has 0 aliphatic heterocycles. The fourth-order valence-corrected chi connectivity index (χ4v) is 1.20. The number of nitrogens with one attached hydrogen (secondary N) is 3. The van der Waals surface area contributed by atoms with Gasteiger partial charge in [0.15, 0.2) is 5.11 Å². The van der Waals surface area contributed by atoms with Crippen LogP contribution in [0.15, 0.2) is 24.3 Å². The summed E-state index contributed by atoms with van der Waals surface area (Å²) >= 11 is 4.99. The van der Waals surface area contributed by atoms with E-state index in [0.717, 1.165) is 11.4 Å². The molecule has 0 unspecified atom stereocenters. The van der Waals surface area contributed by atoms with Gasteiger partial charge in [-0.25, -0.2) is 5.43 Å². The highest BCUT2D eigenvalue weighted by atomic mass is 32.1. The predicted octanol–water partition coefficient (Wildman–Crippen LogP) is 1.12. The smallest absolute Gasteiger partial charge is 0.185 e. The van der Waals surface area contributed by atoms with Gasteiger partial charge in [-0.15, -0.1) is 0 Å². The Morgan fingerprint density at radius 2 is 2.21 bits per heavy atom. The molecule has 0 atom stereocenters. The van der Waals surface area contributed by atoms with Crippen LogP contribution in [-0.2, 0) is 0 Å². The van der Waals surface area contributed by atoms with E-state index in [1.807, 2.05) is 24.3 Å². The molecule has 4 nitrogen and oxygen atoms in total. The zero-order valence-corrected chi connectivity index (χ0v) is 8.94. The Morgan fingerprint density at radius 3 is 2.86 bits per heavy atom. The number of hydrazine groups is 1. The zero-order chi connectivity index (χ0) is 10.4. The molecule has 0 saturated carbocycles. The minimum atomic E-state index is 0.515. The van der Waals surface area contributed by atoms with Gasteiger partial charge in [0.05, 0.1) is 7.11 Å². The number of rotatable bonds is 3. The maximum Gasteiger partial charge on any atom is 0.185 e. The quantitative estimate of drug-likeness (QED) is 0.516. The normalized spacial score (nSPS) is 9.29. The highest BCUT2D eigenvalue weighted by molar-refractivity contribution is 7.80. The molecule has 0 amide bonds. The molecule has 0 spiro atoms. The third kappa shape index (κ3) is 3.20. The third-order valence-electron chi connectivity index (χ3n) is 1.57. The predicted molar refractivity (Wildman–Crippen MR) is 61.4 cm³/mol. The lowest BCUT2D eigenvalue weighted by Gasteiger charge is -2.09. The molecule has 1 aromatic rings. The second-order valence-corrected chi connectivity index (χ2v) is 2.97. The molecule has 5 heteroatoms. The summed E-state index contributed by atoms with van der Waals surface area (Å²) in [4.78, 5) is 0. The van der Waals surface area contributed by atoms with Gasteiger partial charge >= 0.3 is 0 Å². The van der Waals surface area contributed by atoms with Crippen molar-refractivity contribution in [2.24, 2.45) is 0 Å². The maximum absolute atomic E-state index is 5.08. The van der Waals surface area contributed by atoms with Gasteiger partial charge in [-0.1, -0.05) is 6.07 Å². The average Bonchev–Trinajstić information content (AvgIpc) is 2.18. The van der Waals surface area contributed by atoms with Crippen molar-refractivity contribution in [2.75, 3.05) is 19.5 Å². The minimum Gasteiger partial charge on any atom is -0.497 e. The number of anilines is 1. The Bertz CT molecular complexity index is 317. The van der Waals surface area contributed by atoms with E-state index in [2.05, 4.69) is 16.2 Å². The molecule has 0 aliphatic rings. The van der Waals surface area contributed by atoms with E-state index >= 15 is 0 Å². The topological polar surface area (TPSA) is 45.3 Å². The van der Waals surface area contributed by atoms with Crippen molar-refractivity contribution >= 4 is 23.0 Å². The van der Waals surface area contributed by atoms with E-state index in [-0.39, 0.29) is 0 Å². The molecule has 0 radical (unpaired) electrons. The van der Waals surface area contributed by atoms with Gasteiger partial charge in [-0.05, 0) is 24.4 Å². The van der Waals surface area contributed by atoms with Crippen LogP contribution < -0.4 is 20.9 Å². The van der Waals surface area contributed by atoms with Crippen molar-refractivity contribution in [1.29, 1.82) is 0 Å². The van der Waals surface area contributed by atoms with Crippen molar-refractivity contribution in [3.8, 4) is 5.75 Å². The molecule has 3 N–H and O–H groups in total. The molecule has 76 valence electrons. The lowest BCUT2D eigenvalue weighted by atomic mass is 10.3. The molecule has 0 aromatic heterocycles. The van der Waals surface area contributed by atoms with Crippen molar-refractivity contribution in [2.45, 2.75) is 0 Å². The van der Waals surface area contributed by atoms with E-state index in [1.165, 1.54) is 0 Å². The summed E-state index contributed by atoms with van der Waals surface area (Å²) in [6.07, 6.45) is 0. The number of methoxy groups -OCH3 is 1. The van der Waals surface area contributed by atoms with Gasteiger partial charge in [0, 0.05) is 18.8 Å².